The summed E-state index contributed by atoms with van der Waals surface area (Å²) in [4.78, 5) is 43.8. The molecule has 35 heavy (non-hydrogen) atoms. The maximum atomic E-state index is 13.2. The summed E-state index contributed by atoms with van der Waals surface area (Å²) in [5.74, 6) is -0.391. The molecule has 4 aromatic rings. The number of methoxy groups -OCH3 is 1. The lowest BCUT2D eigenvalue weighted by atomic mass is 10.2. The van der Waals surface area contributed by atoms with Crippen molar-refractivity contribution in [3.05, 3.63) is 81.0 Å². The predicted molar refractivity (Wildman–Crippen MR) is 138 cm³/mol. The van der Waals surface area contributed by atoms with E-state index in [1.807, 2.05) is 43.3 Å². The van der Waals surface area contributed by atoms with Crippen LogP contribution < -0.4 is 16.4 Å². The maximum absolute atomic E-state index is 13.2. The first-order chi connectivity index (χ1) is 16.8. The van der Waals surface area contributed by atoms with Crippen molar-refractivity contribution in [1.29, 1.82) is 0 Å². The third kappa shape index (κ3) is 4.80. The smallest absolute Gasteiger partial charge is 0.295 e. The summed E-state index contributed by atoms with van der Waals surface area (Å²) in [6.07, 6.45) is 0. The normalized spacial score (nSPS) is 12.1. The average molecular weight is 494 g/mol. The van der Waals surface area contributed by atoms with Crippen molar-refractivity contribution in [3.63, 3.8) is 0 Å². The van der Waals surface area contributed by atoms with E-state index in [-0.39, 0.29) is 34.5 Å². The van der Waals surface area contributed by atoms with Gasteiger partial charge in [-0.1, -0.05) is 42.1 Å². The molecule has 10 heteroatoms. The Hall–Kier alpha value is -3.63. The van der Waals surface area contributed by atoms with Gasteiger partial charge >= 0.3 is 0 Å². The fourth-order valence-corrected chi connectivity index (χ4v) is 4.85. The van der Waals surface area contributed by atoms with Crippen LogP contribution in [0.1, 0.15) is 18.7 Å². The lowest BCUT2D eigenvalue weighted by Gasteiger charge is -2.18. The highest BCUT2D eigenvalue weighted by Gasteiger charge is 2.20. The average Bonchev–Trinajstić information content (AvgIpc) is 3.06. The second-order valence-electron chi connectivity index (χ2n) is 8.16. The Balaban J connectivity index is 1.60. The Morgan fingerprint density at radius 1 is 1.09 bits per heavy atom. The lowest BCUT2D eigenvalue weighted by Crippen LogP contribution is -2.29. The minimum atomic E-state index is -0.366. The molecule has 2 aromatic carbocycles. The van der Waals surface area contributed by atoms with E-state index >= 15 is 0 Å². The number of fused-ring (bicyclic) bond motifs is 1. The zero-order valence-corrected chi connectivity index (χ0v) is 20.8. The Morgan fingerprint density at radius 2 is 1.77 bits per heavy atom. The van der Waals surface area contributed by atoms with E-state index in [4.69, 9.17) is 4.74 Å². The second kappa shape index (κ2) is 10.3. The molecule has 0 saturated heterocycles. The fourth-order valence-electron chi connectivity index (χ4n) is 3.95. The number of amides is 1. The van der Waals surface area contributed by atoms with Crippen LogP contribution in [0.4, 0.5) is 5.69 Å². The third-order valence-corrected chi connectivity index (χ3v) is 6.73. The number of para-hydroxylation sites is 2. The van der Waals surface area contributed by atoms with Crippen LogP contribution in [0.15, 0.2) is 69.3 Å². The van der Waals surface area contributed by atoms with E-state index in [9.17, 15) is 14.4 Å². The predicted octanol–water partition coefficient (Wildman–Crippen LogP) is 3.13. The number of carbonyl (C=O) groups is 1. The molecule has 2 aromatic heterocycles. The van der Waals surface area contributed by atoms with Crippen LogP contribution in [0.3, 0.4) is 0 Å². The Morgan fingerprint density at radius 3 is 2.49 bits per heavy atom. The summed E-state index contributed by atoms with van der Waals surface area (Å²) in [7, 11) is 3.34. The van der Waals surface area contributed by atoms with Gasteiger partial charge in [-0.2, -0.15) is 0 Å². The fraction of sp³-hybridized carbons (Fsp3) is 0.280. The van der Waals surface area contributed by atoms with Crippen molar-refractivity contribution >= 4 is 34.3 Å². The monoisotopic (exact) mass is 493 g/mol. The van der Waals surface area contributed by atoms with Gasteiger partial charge in [0.1, 0.15) is 5.69 Å². The molecule has 182 valence electrons. The zero-order chi connectivity index (χ0) is 25.1. The van der Waals surface area contributed by atoms with Gasteiger partial charge in [-0.25, -0.2) is 9.67 Å². The number of carbonyl (C=O) groups excluding carboxylic acids is 1. The van der Waals surface area contributed by atoms with Gasteiger partial charge in [0.25, 0.3) is 11.1 Å². The molecule has 9 nitrogen and oxygen atoms in total. The lowest BCUT2D eigenvalue weighted by molar-refractivity contribution is -0.113. The van der Waals surface area contributed by atoms with Crippen molar-refractivity contribution in [3.8, 4) is 5.69 Å². The van der Waals surface area contributed by atoms with Gasteiger partial charge in [0.15, 0.2) is 5.16 Å². The van der Waals surface area contributed by atoms with Crippen LogP contribution in [-0.2, 0) is 16.6 Å². The van der Waals surface area contributed by atoms with E-state index in [1.54, 1.807) is 48.5 Å². The number of rotatable bonds is 8. The Kier molecular flexibility index (Phi) is 7.23. The number of nitrogens with one attached hydrogen (secondary N) is 1. The molecule has 1 amide bonds. The molecule has 0 radical (unpaired) electrons. The molecule has 0 aliphatic heterocycles. The maximum Gasteiger partial charge on any atom is 0.295 e. The van der Waals surface area contributed by atoms with Crippen LogP contribution in [0.25, 0.3) is 16.6 Å². The molecular weight excluding hydrogens is 466 g/mol. The molecule has 0 saturated carbocycles. The molecule has 4 rings (SSSR count). The highest BCUT2D eigenvalue weighted by atomic mass is 32.2. The highest BCUT2D eigenvalue weighted by Crippen LogP contribution is 2.22. The minimum Gasteiger partial charge on any atom is -0.383 e. The molecular formula is C25H27N5O4S. The first-order valence-electron chi connectivity index (χ1n) is 11.1. The van der Waals surface area contributed by atoms with Gasteiger partial charge in [0.05, 0.1) is 40.7 Å². The first-order valence-corrected chi connectivity index (χ1v) is 12.1. The van der Waals surface area contributed by atoms with Gasteiger partial charge in [0.2, 0.25) is 5.91 Å². The van der Waals surface area contributed by atoms with Gasteiger partial charge in [-0.15, -0.1) is 0 Å². The summed E-state index contributed by atoms with van der Waals surface area (Å²) in [5, 5.41) is 3.67. The molecule has 1 atom stereocenters. The van der Waals surface area contributed by atoms with Crippen LogP contribution in [-0.4, -0.2) is 44.3 Å². The number of ether oxygens (including phenoxy) is 1. The van der Waals surface area contributed by atoms with E-state index < -0.39 is 0 Å². The molecule has 2 heterocycles. The largest absolute Gasteiger partial charge is 0.383 e. The summed E-state index contributed by atoms with van der Waals surface area (Å²) in [6, 6.07) is 16.1. The van der Waals surface area contributed by atoms with Crippen LogP contribution >= 0.6 is 11.8 Å². The molecule has 0 fully saturated rings. The number of hydrogen-bond donors (Lipinski definition) is 1. The zero-order valence-electron chi connectivity index (χ0n) is 20.0. The summed E-state index contributed by atoms with van der Waals surface area (Å²) in [6.45, 7) is 3.96. The van der Waals surface area contributed by atoms with Gasteiger partial charge in [-0.3, -0.25) is 23.6 Å². The van der Waals surface area contributed by atoms with Crippen LogP contribution in [0.2, 0.25) is 0 Å². The first kappa shape index (κ1) is 24.5. The molecule has 0 unspecified atom stereocenters. The van der Waals surface area contributed by atoms with Crippen LogP contribution in [0, 0.1) is 6.92 Å². The summed E-state index contributed by atoms with van der Waals surface area (Å²) >= 11 is 1.15. The number of thioether (sulfide) groups is 1. The van der Waals surface area contributed by atoms with Crippen LogP contribution in [0.5, 0.6) is 0 Å². The Labute approximate surface area is 206 Å². The van der Waals surface area contributed by atoms with E-state index in [1.165, 1.54) is 4.68 Å². The van der Waals surface area contributed by atoms with Crippen molar-refractivity contribution in [2.75, 3.05) is 24.8 Å². The van der Waals surface area contributed by atoms with Gasteiger partial charge < -0.3 is 10.1 Å². The number of benzene rings is 2. The van der Waals surface area contributed by atoms with Crippen molar-refractivity contribution < 1.29 is 9.53 Å². The standard InChI is InChI=1S/C25H27N5O4S/c1-16(14-34-4)29-23(32)19-12-8-9-13-20(19)26-25(29)35-15-21(31)27-22-17(2)28(3)30(24(22)33)18-10-6-5-7-11-18/h5-13,16H,14-15H2,1-4H3,(H,27,31)/t16-/m0/s1. The molecule has 0 aliphatic carbocycles. The van der Waals surface area contributed by atoms with E-state index in [2.05, 4.69) is 10.3 Å². The van der Waals surface area contributed by atoms with E-state index in [0.717, 1.165) is 11.8 Å². The van der Waals surface area contributed by atoms with Crippen molar-refractivity contribution in [1.82, 2.24) is 18.9 Å². The number of anilines is 1. The van der Waals surface area contributed by atoms with Gasteiger partial charge in [0, 0.05) is 14.2 Å². The minimum absolute atomic E-state index is 0.0242. The quantitative estimate of drug-likeness (QED) is 0.299. The number of aromatic nitrogens is 4. The summed E-state index contributed by atoms with van der Waals surface area (Å²) < 4.78 is 10.0. The summed E-state index contributed by atoms with van der Waals surface area (Å²) in [5.41, 5.74) is 1.61. The third-order valence-electron chi connectivity index (χ3n) is 5.78. The molecule has 1 N–H and O–H groups in total. The molecule has 0 aliphatic rings. The van der Waals surface area contributed by atoms with Crippen molar-refractivity contribution in [2.45, 2.75) is 25.0 Å². The number of nitrogens with zero attached hydrogens (tertiary/aromatic N) is 4. The highest BCUT2D eigenvalue weighted by molar-refractivity contribution is 7.99. The van der Waals surface area contributed by atoms with Gasteiger partial charge in [-0.05, 0) is 38.1 Å². The molecule has 0 bridgehead atoms. The van der Waals surface area contributed by atoms with Crippen molar-refractivity contribution in [2.24, 2.45) is 7.05 Å². The SMILES string of the molecule is COC[C@H](C)n1c(SCC(=O)Nc2c(C)n(C)n(-c3ccccc3)c2=O)nc2ccccc2c1=O. The topological polar surface area (TPSA) is 100 Å². The number of hydrogen-bond acceptors (Lipinski definition) is 6. The second-order valence-corrected chi connectivity index (χ2v) is 9.11. The Bertz CT molecular complexity index is 1490. The molecule has 0 spiro atoms. The van der Waals surface area contributed by atoms with E-state index in [0.29, 0.717) is 34.0 Å².